The van der Waals surface area contributed by atoms with Crippen molar-refractivity contribution < 1.29 is 9.47 Å². The highest BCUT2D eigenvalue weighted by molar-refractivity contribution is 5.17. The summed E-state index contributed by atoms with van der Waals surface area (Å²) < 4.78 is 11.6. The van der Waals surface area contributed by atoms with Crippen molar-refractivity contribution in [3.8, 4) is 0 Å². The predicted octanol–water partition coefficient (Wildman–Crippen LogP) is 2.21. The quantitative estimate of drug-likeness (QED) is 0.596. The zero-order valence-corrected chi connectivity index (χ0v) is 8.90. The Kier molecular flexibility index (Phi) is 1.80. The Morgan fingerprint density at radius 1 is 1.21 bits per heavy atom. The van der Waals surface area contributed by atoms with Crippen LogP contribution in [-0.2, 0) is 9.47 Å². The molecular formula is C12H18O2. The van der Waals surface area contributed by atoms with Crippen LogP contribution in [-0.4, -0.2) is 19.5 Å². The van der Waals surface area contributed by atoms with Gasteiger partial charge in [0.25, 0.3) is 0 Å². The highest BCUT2D eigenvalue weighted by Gasteiger charge is 2.56. The van der Waals surface area contributed by atoms with Crippen LogP contribution in [0.15, 0.2) is 12.2 Å². The molecular weight excluding hydrogens is 176 g/mol. The highest BCUT2D eigenvalue weighted by Crippen LogP contribution is 2.56. The lowest BCUT2D eigenvalue weighted by atomic mass is 9.95. The maximum absolute atomic E-state index is 5.80. The summed E-state index contributed by atoms with van der Waals surface area (Å²) in [6.07, 6.45) is 5.95. The van der Waals surface area contributed by atoms with Gasteiger partial charge in [-0.15, -0.1) is 0 Å². The number of fused-ring (bicyclic) bond motifs is 1. The molecule has 2 aliphatic carbocycles. The molecule has 0 aromatic rings. The molecule has 1 aliphatic heterocycles. The van der Waals surface area contributed by atoms with Crippen molar-refractivity contribution in [3.63, 3.8) is 0 Å². The van der Waals surface area contributed by atoms with Gasteiger partial charge in [-0.25, -0.2) is 0 Å². The second-order valence-electron chi connectivity index (χ2n) is 5.64. The molecule has 0 aromatic heterocycles. The van der Waals surface area contributed by atoms with Gasteiger partial charge in [-0.2, -0.15) is 0 Å². The molecule has 0 radical (unpaired) electrons. The van der Waals surface area contributed by atoms with E-state index in [1.54, 1.807) is 0 Å². The summed E-state index contributed by atoms with van der Waals surface area (Å²) in [5.74, 6) is 2.26. The predicted molar refractivity (Wildman–Crippen MR) is 53.7 cm³/mol. The zero-order chi connectivity index (χ0) is 9.76. The molecule has 3 rings (SSSR count). The third kappa shape index (κ3) is 1.32. The Morgan fingerprint density at radius 3 is 2.50 bits per heavy atom. The second-order valence-corrected chi connectivity index (χ2v) is 5.64. The van der Waals surface area contributed by atoms with Crippen molar-refractivity contribution in [2.45, 2.75) is 26.6 Å². The van der Waals surface area contributed by atoms with Gasteiger partial charge in [0.05, 0.1) is 13.2 Å². The molecule has 14 heavy (non-hydrogen) atoms. The number of hydrogen-bond acceptors (Lipinski definition) is 2. The smallest absolute Gasteiger partial charge is 0.161 e. The SMILES string of the molecule is CC1(C)COC([C@@H]2[C@H]3C=CC[C@@H]32)OC1. The Hall–Kier alpha value is -0.340. The summed E-state index contributed by atoms with van der Waals surface area (Å²) in [6, 6.07) is 0. The van der Waals surface area contributed by atoms with Crippen molar-refractivity contribution in [3.05, 3.63) is 12.2 Å². The molecule has 3 aliphatic rings. The lowest BCUT2D eigenvalue weighted by molar-refractivity contribution is -0.232. The van der Waals surface area contributed by atoms with Gasteiger partial charge in [0.15, 0.2) is 6.29 Å². The van der Waals surface area contributed by atoms with Crippen molar-refractivity contribution in [1.29, 1.82) is 0 Å². The fraction of sp³-hybridized carbons (Fsp3) is 0.833. The van der Waals surface area contributed by atoms with Gasteiger partial charge in [-0.3, -0.25) is 0 Å². The number of allylic oxidation sites excluding steroid dienone is 2. The van der Waals surface area contributed by atoms with Crippen LogP contribution < -0.4 is 0 Å². The number of ether oxygens (including phenoxy) is 2. The van der Waals surface area contributed by atoms with Crippen LogP contribution in [0.2, 0.25) is 0 Å². The molecule has 0 amide bonds. The third-order valence-electron chi connectivity index (χ3n) is 3.65. The van der Waals surface area contributed by atoms with E-state index in [1.165, 1.54) is 6.42 Å². The molecule has 1 heterocycles. The maximum atomic E-state index is 5.80. The fourth-order valence-electron chi connectivity index (χ4n) is 2.72. The number of hydrogen-bond donors (Lipinski definition) is 0. The summed E-state index contributed by atoms with van der Waals surface area (Å²) in [5, 5.41) is 0. The molecule has 0 bridgehead atoms. The molecule has 1 saturated carbocycles. The first-order valence-corrected chi connectivity index (χ1v) is 5.57. The summed E-state index contributed by atoms with van der Waals surface area (Å²) in [4.78, 5) is 0. The first kappa shape index (κ1) is 8.93. The van der Waals surface area contributed by atoms with E-state index in [0.29, 0.717) is 5.92 Å². The summed E-state index contributed by atoms with van der Waals surface area (Å²) >= 11 is 0. The van der Waals surface area contributed by atoms with E-state index in [0.717, 1.165) is 25.0 Å². The summed E-state index contributed by atoms with van der Waals surface area (Å²) in [7, 11) is 0. The van der Waals surface area contributed by atoms with Gasteiger partial charge in [-0.05, 0) is 18.3 Å². The Labute approximate surface area is 85.3 Å². The highest BCUT2D eigenvalue weighted by atomic mass is 16.7. The molecule has 2 nitrogen and oxygen atoms in total. The van der Waals surface area contributed by atoms with Crippen LogP contribution in [0.25, 0.3) is 0 Å². The molecule has 0 unspecified atom stereocenters. The molecule has 78 valence electrons. The largest absolute Gasteiger partial charge is 0.352 e. The van der Waals surface area contributed by atoms with Crippen molar-refractivity contribution in [1.82, 2.24) is 0 Å². The van der Waals surface area contributed by atoms with Gasteiger partial charge in [-0.1, -0.05) is 26.0 Å². The minimum absolute atomic E-state index is 0.0861. The van der Waals surface area contributed by atoms with Gasteiger partial charge < -0.3 is 9.47 Å². The Morgan fingerprint density at radius 2 is 1.93 bits per heavy atom. The lowest BCUT2D eigenvalue weighted by Gasteiger charge is -2.35. The first-order chi connectivity index (χ1) is 6.67. The van der Waals surface area contributed by atoms with E-state index in [2.05, 4.69) is 26.0 Å². The normalized spacial score (nSPS) is 45.1. The summed E-state index contributed by atoms with van der Waals surface area (Å²) in [6.45, 7) is 6.07. The average molecular weight is 194 g/mol. The molecule has 2 heteroatoms. The molecule has 0 N–H and O–H groups in total. The monoisotopic (exact) mass is 194 g/mol. The number of rotatable bonds is 1. The van der Waals surface area contributed by atoms with Gasteiger partial charge in [0.2, 0.25) is 0 Å². The van der Waals surface area contributed by atoms with Crippen LogP contribution >= 0.6 is 0 Å². The summed E-state index contributed by atoms with van der Waals surface area (Å²) in [5.41, 5.74) is 0.205. The van der Waals surface area contributed by atoms with Crippen molar-refractivity contribution >= 4 is 0 Å². The van der Waals surface area contributed by atoms with E-state index in [-0.39, 0.29) is 11.7 Å². The van der Waals surface area contributed by atoms with Gasteiger partial charge in [0, 0.05) is 11.3 Å². The molecule has 0 spiro atoms. The van der Waals surface area contributed by atoms with Crippen LogP contribution in [0.3, 0.4) is 0 Å². The Balaban J connectivity index is 1.59. The average Bonchev–Trinajstić information content (AvgIpc) is 2.63. The van der Waals surface area contributed by atoms with Crippen LogP contribution in [0.4, 0.5) is 0 Å². The molecule has 1 saturated heterocycles. The third-order valence-corrected chi connectivity index (χ3v) is 3.65. The van der Waals surface area contributed by atoms with E-state index >= 15 is 0 Å². The van der Waals surface area contributed by atoms with E-state index < -0.39 is 0 Å². The first-order valence-electron chi connectivity index (χ1n) is 5.57. The topological polar surface area (TPSA) is 18.5 Å². The minimum Gasteiger partial charge on any atom is -0.352 e. The van der Waals surface area contributed by atoms with E-state index in [1.807, 2.05) is 0 Å². The van der Waals surface area contributed by atoms with Gasteiger partial charge >= 0.3 is 0 Å². The molecule has 3 atom stereocenters. The zero-order valence-electron chi connectivity index (χ0n) is 8.90. The van der Waals surface area contributed by atoms with E-state index in [9.17, 15) is 0 Å². The lowest BCUT2D eigenvalue weighted by Crippen LogP contribution is -2.39. The molecule has 2 fully saturated rings. The molecule has 0 aromatic carbocycles. The van der Waals surface area contributed by atoms with Gasteiger partial charge in [0.1, 0.15) is 0 Å². The standard InChI is InChI=1S/C12H18O2/c1-12(2)6-13-11(14-7-12)10-8-4-3-5-9(8)10/h3-4,8-11H,5-7H2,1-2H3/t8-,9-,10+/m0/s1. The van der Waals surface area contributed by atoms with Crippen molar-refractivity contribution in [2.75, 3.05) is 13.2 Å². The van der Waals surface area contributed by atoms with Crippen molar-refractivity contribution in [2.24, 2.45) is 23.2 Å². The minimum atomic E-state index is 0.0861. The van der Waals surface area contributed by atoms with Crippen LogP contribution in [0, 0.1) is 23.2 Å². The van der Waals surface area contributed by atoms with Crippen LogP contribution in [0.5, 0.6) is 0 Å². The second kappa shape index (κ2) is 2.83. The fourth-order valence-corrected chi connectivity index (χ4v) is 2.72. The van der Waals surface area contributed by atoms with Crippen LogP contribution in [0.1, 0.15) is 20.3 Å². The Bertz CT molecular complexity index is 259. The maximum Gasteiger partial charge on any atom is 0.161 e. The van der Waals surface area contributed by atoms with E-state index in [4.69, 9.17) is 9.47 Å².